The third-order valence-corrected chi connectivity index (χ3v) is 3.40. The fourth-order valence-corrected chi connectivity index (χ4v) is 2.06. The van der Waals surface area contributed by atoms with Gasteiger partial charge in [-0.1, -0.05) is 11.6 Å². The van der Waals surface area contributed by atoms with Crippen molar-refractivity contribution in [2.45, 2.75) is 24.0 Å². The van der Waals surface area contributed by atoms with Crippen LogP contribution in [0.3, 0.4) is 0 Å². The van der Waals surface area contributed by atoms with Gasteiger partial charge in [-0.25, -0.2) is 4.98 Å². The van der Waals surface area contributed by atoms with Crippen molar-refractivity contribution >= 4 is 22.8 Å². The van der Waals surface area contributed by atoms with E-state index in [0.717, 1.165) is 0 Å². The molecular weight excluding hydrogens is 194 g/mol. The van der Waals surface area contributed by atoms with Gasteiger partial charge >= 0.3 is 0 Å². The molecule has 0 aromatic carbocycles. The van der Waals surface area contributed by atoms with E-state index < -0.39 is 11.2 Å². The molecule has 12 heavy (non-hydrogen) atoms. The molecule has 0 aliphatic rings. The second-order valence-electron chi connectivity index (χ2n) is 2.64. The molecule has 4 heteroatoms. The maximum atomic E-state index is 11.6. The number of hydrogen-bond acceptors (Lipinski definition) is 2. The number of rotatable bonds is 2. The monoisotopic (exact) mass is 203 g/mol. The van der Waals surface area contributed by atoms with Gasteiger partial charge in [0.1, 0.15) is 5.25 Å². The van der Waals surface area contributed by atoms with Crippen molar-refractivity contribution in [2.24, 2.45) is 0 Å². The Morgan fingerprint density at radius 2 is 2.25 bits per heavy atom. The van der Waals surface area contributed by atoms with Crippen LogP contribution in [0.15, 0.2) is 23.2 Å². The largest absolute Gasteiger partial charge is 0.611 e. The molecule has 0 saturated heterocycles. The smallest absolute Gasteiger partial charge is 0.190 e. The van der Waals surface area contributed by atoms with Crippen molar-refractivity contribution < 1.29 is 4.55 Å². The molecule has 1 unspecified atom stereocenters. The first-order valence-electron chi connectivity index (χ1n) is 3.64. The van der Waals surface area contributed by atoms with Crippen molar-refractivity contribution in [3.63, 3.8) is 0 Å². The van der Waals surface area contributed by atoms with Crippen LogP contribution in [-0.2, 0) is 11.2 Å². The van der Waals surface area contributed by atoms with Crippen LogP contribution in [0.2, 0.25) is 5.15 Å². The van der Waals surface area contributed by atoms with Crippen LogP contribution in [0.25, 0.3) is 0 Å². The summed E-state index contributed by atoms with van der Waals surface area (Å²) in [7, 11) is 0. The minimum Gasteiger partial charge on any atom is -0.611 e. The van der Waals surface area contributed by atoms with Gasteiger partial charge < -0.3 is 4.55 Å². The standard InChI is InChI=1S/C8H10ClNOS/c1-6(2)12(11)7-4-3-5-10-8(7)9/h3-6H,1-2H3. The zero-order valence-corrected chi connectivity index (χ0v) is 8.52. The first-order chi connectivity index (χ1) is 5.63. The van der Waals surface area contributed by atoms with E-state index >= 15 is 0 Å². The maximum Gasteiger partial charge on any atom is 0.190 e. The molecule has 1 heterocycles. The summed E-state index contributed by atoms with van der Waals surface area (Å²) in [5.41, 5.74) is 0. The van der Waals surface area contributed by atoms with E-state index in [1.54, 1.807) is 18.3 Å². The molecule has 1 aromatic rings. The third kappa shape index (κ3) is 2.12. The predicted molar refractivity (Wildman–Crippen MR) is 50.8 cm³/mol. The normalized spacial score (nSPS) is 13.4. The zero-order valence-electron chi connectivity index (χ0n) is 6.95. The molecule has 0 N–H and O–H groups in total. The van der Waals surface area contributed by atoms with E-state index in [0.29, 0.717) is 10.0 Å². The summed E-state index contributed by atoms with van der Waals surface area (Å²) in [6, 6.07) is 3.48. The summed E-state index contributed by atoms with van der Waals surface area (Å²) in [4.78, 5) is 4.47. The van der Waals surface area contributed by atoms with Crippen LogP contribution in [0.5, 0.6) is 0 Å². The highest BCUT2D eigenvalue weighted by Gasteiger charge is 2.18. The van der Waals surface area contributed by atoms with Crippen molar-refractivity contribution in [1.82, 2.24) is 4.98 Å². The Labute approximate surface area is 80.1 Å². The van der Waals surface area contributed by atoms with E-state index in [4.69, 9.17) is 11.6 Å². The van der Waals surface area contributed by atoms with E-state index in [1.165, 1.54) is 0 Å². The average molecular weight is 204 g/mol. The minimum absolute atomic E-state index is 0.0756. The lowest BCUT2D eigenvalue weighted by Crippen LogP contribution is -2.14. The lowest BCUT2D eigenvalue weighted by molar-refractivity contribution is 0.586. The van der Waals surface area contributed by atoms with E-state index in [-0.39, 0.29) is 5.25 Å². The minimum atomic E-state index is -1.04. The summed E-state index contributed by atoms with van der Waals surface area (Å²) in [5.74, 6) is 0. The van der Waals surface area contributed by atoms with Crippen molar-refractivity contribution in [1.29, 1.82) is 0 Å². The first-order valence-corrected chi connectivity index (χ1v) is 5.23. The van der Waals surface area contributed by atoms with Crippen molar-refractivity contribution in [2.75, 3.05) is 0 Å². The first kappa shape index (κ1) is 9.84. The summed E-state index contributed by atoms with van der Waals surface area (Å²) < 4.78 is 11.6. The van der Waals surface area contributed by atoms with Gasteiger partial charge in [0.25, 0.3) is 0 Å². The second-order valence-corrected chi connectivity index (χ2v) is 4.97. The molecule has 66 valence electrons. The molecule has 0 aliphatic carbocycles. The topological polar surface area (TPSA) is 36.0 Å². The SMILES string of the molecule is CC(C)[S+]([O-])c1cccnc1Cl. The van der Waals surface area contributed by atoms with Gasteiger partial charge in [-0.3, -0.25) is 0 Å². The van der Waals surface area contributed by atoms with Crippen LogP contribution < -0.4 is 0 Å². The Hall–Kier alpha value is -0.250. The Kier molecular flexibility index (Phi) is 3.38. The maximum absolute atomic E-state index is 11.6. The van der Waals surface area contributed by atoms with E-state index in [9.17, 15) is 4.55 Å². The van der Waals surface area contributed by atoms with Crippen LogP contribution >= 0.6 is 11.6 Å². The highest BCUT2D eigenvalue weighted by atomic mass is 35.5. The van der Waals surface area contributed by atoms with Crippen molar-refractivity contribution in [3.8, 4) is 0 Å². The van der Waals surface area contributed by atoms with E-state index in [1.807, 2.05) is 13.8 Å². The molecule has 0 saturated carbocycles. The average Bonchev–Trinajstić information content (AvgIpc) is 2.04. The molecule has 0 radical (unpaired) electrons. The highest BCUT2D eigenvalue weighted by Crippen LogP contribution is 2.21. The van der Waals surface area contributed by atoms with E-state index in [2.05, 4.69) is 4.98 Å². The highest BCUT2D eigenvalue weighted by molar-refractivity contribution is 7.92. The molecule has 1 atom stereocenters. The van der Waals surface area contributed by atoms with Crippen molar-refractivity contribution in [3.05, 3.63) is 23.5 Å². The lowest BCUT2D eigenvalue weighted by Gasteiger charge is -2.13. The molecule has 0 aliphatic heterocycles. The second kappa shape index (κ2) is 4.12. The number of nitrogens with zero attached hydrogens (tertiary/aromatic N) is 1. The molecule has 0 fully saturated rings. The lowest BCUT2D eigenvalue weighted by atomic mass is 10.5. The predicted octanol–water partition coefficient (Wildman–Crippen LogP) is 2.25. The summed E-state index contributed by atoms with van der Waals surface area (Å²) in [5, 5.41) is 0.413. The summed E-state index contributed by atoms with van der Waals surface area (Å²) >= 11 is 4.72. The van der Waals surface area contributed by atoms with Gasteiger partial charge in [-0.15, -0.1) is 0 Å². The molecule has 0 amide bonds. The number of aromatic nitrogens is 1. The summed E-state index contributed by atoms with van der Waals surface area (Å²) in [6.07, 6.45) is 1.59. The van der Waals surface area contributed by atoms with Gasteiger partial charge in [-0.2, -0.15) is 0 Å². The molecule has 0 bridgehead atoms. The van der Waals surface area contributed by atoms with Crippen LogP contribution in [0.1, 0.15) is 13.8 Å². The molecule has 2 nitrogen and oxygen atoms in total. The number of hydrogen-bond donors (Lipinski definition) is 0. The fourth-order valence-electron chi connectivity index (χ4n) is 0.775. The van der Waals surface area contributed by atoms with Gasteiger partial charge in [0, 0.05) is 6.20 Å². The van der Waals surface area contributed by atoms with Gasteiger partial charge in [0.15, 0.2) is 10.0 Å². The fraction of sp³-hybridized carbons (Fsp3) is 0.375. The van der Waals surface area contributed by atoms with Gasteiger partial charge in [0.05, 0.1) is 0 Å². The molecular formula is C8H10ClNOS. The molecule has 0 spiro atoms. The number of pyridine rings is 1. The molecule has 1 rings (SSSR count). The quantitative estimate of drug-likeness (QED) is 0.546. The van der Waals surface area contributed by atoms with Crippen LogP contribution in [0, 0.1) is 0 Å². The molecule has 1 aromatic heterocycles. The van der Waals surface area contributed by atoms with Gasteiger partial charge in [-0.05, 0) is 37.2 Å². The van der Waals surface area contributed by atoms with Gasteiger partial charge in [0.2, 0.25) is 0 Å². The van der Waals surface area contributed by atoms with Crippen LogP contribution in [-0.4, -0.2) is 14.8 Å². The third-order valence-electron chi connectivity index (χ3n) is 1.37. The Bertz CT molecular complexity index is 267. The summed E-state index contributed by atoms with van der Waals surface area (Å²) in [6.45, 7) is 3.78. The Morgan fingerprint density at radius 3 is 2.75 bits per heavy atom. The number of halogens is 1. The Morgan fingerprint density at radius 1 is 1.58 bits per heavy atom. The Balaban J connectivity index is 2.94. The van der Waals surface area contributed by atoms with Crippen LogP contribution in [0.4, 0.5) is 0 Å². The zero-order chi connectivity index (χ0) is 9.14.